The predicted molar refractivity (Wildman–Crippen MR) is 104 cm³/mol. The molecule has 1 unspecified atom stereocenters. The van der Waals surface area contributed by atoms with Crippen molar-refractivity contribution in [2.24, 2.45) is 5.41 Å². The van der Waals surface area contributed by atoms with Crippen LogP contribution in [0.1, 0.15) is 53.1 Å². The van der Waals surface area contributed by atoms with Crippen LogP contribution in [0.4, 0.5) is 0 Å². The summed E-state index contributed by atoms with van der Waals surface area (Å²) >= 11 is 5.95. The van der Waals surface area contributed by atoms with E-state index >= 15 is 0 Å². The molecule has 1 heterocycles. The summed E-state index contributed by atoms with van der Waals surface area (Å²) in [5.41, 5.74) is 0.183. The van der Waals surface area contributed by atoms with E-state index in [1.807, 2.05) is 20.8 Å². The van der Waals surface area contributed by atoms with Crippen LogP contribution in [0, 0.1) is 5.41 Å². The Kier molecular flexibility index (Phi) is 5.36. The van der Waals surface area contributed by atoms with Gasteiger partial charge in [0.05, 0.1) is 16.4 Å². The molecule has 7 heteroatoms. The Hall–Kier alpha value is -1.37. The van der Waals surface area contributed by atoms with Crippen LogP contribution in [0.5, 0.6) is 0 Å². The van der Waals surface area contributed by atoms with Crippen LogP contribution in [-0.2, 0) is 14.8 Å². The first kappa shape index (κ1) is 20.9. The summed E-state index contributed by atoms with van der Waals surface area (Å²) in [4.78, 5) is 11.9. The molecule has 0 saturated carbocycles. The minimum Gasteiger partial charge on any atom is -0.478 e. The lowest BCUT2D eigenvalue weighted by Crippen LogP contribution is -2.51. The van der Waals surface area contributed by atoms with Crippen LogP contribution in [0.25, 0.3) is 0 Å². The Morgan fingerprint density at radius 2 is 1.58 bits per heavy atom. The van der Waals surface area contributed by atoms with Crippen molar-refractivity contribution in [3.8, 4) is 0 Å². The molecule has 0 aromatic heterocycles. The molecule has 0 amide bonds. The van der Waals surface area contributed by atoms with Crippen LogP contribution in [0.3, 0.4) is 0 Å². The zero-order chi connectivity index (χ0) is 20.1. The molecule has 0 saturated heterocycles. The van der Waals surface area contributed by atoms with Gasteiger partial charge in [0, 0.05) is 11.1 Å². The molecule has 5 nitrogen and oxygen atoms in total. The van der Waals surface area contributed by atoms with Crippen molar-refractivity contribution in [3.63, 3.8) is 0 Å². The molecule has 1 N–H and O–H groups in total. The monoisotopic (exact) mass is 399 g/mol. The van der Waals surface area contributed by atoms with Crippen molar-refractivity contribution >= 4 is 27.6 Å². The number of aliphatic carboxylic acids is 1. The number of sulfonamides is 1. The second kappa shape index (κ2) is 6.66. The van der Waals surface area contributed by atoms with Gasteiger partial charge in [0.25, 0.3) is 0 Å². The highest BCUT2D eigenvalue weighted by molar-refractivity contribution is 7.90. The van der Waals surface area contributed by atoms with Crippen molar-refractivity contribution in [3.05, 3.63) is 46.5 Å². The molecule has 2 rings (SSSR count). The van der Waals surface area contributed by atoms with Crippen molar-refractivity contribution in [2.45, 2.75) is 58.4 Å². The van der Waals surface area contributed by atoms with Gasteiger partial charge < -0.3 is 5.11 Å². The number of carboxylic acid groups (broad SMARTS) is 1. The first-order chi connectivity index (χ1) is 11.7. The van der Waals surface area contributed by atoms with Gasteiger partial charge in [-0.1, -0.05) is 50.6 Å². The average molecular weight is 400 g/mol. The number of nitrogens with zero attached hydrogens (tertiary/aromatic N) is 1. The molecule has 144 valence electrons. The summed E-state index contributed by atoms with van der Waals surface area (Å²) in [6.07, 6.45) is 1.57. The van der Waals surface area contributed by atoms with Crippen LogP contribution in [0.15, 0.2) is 35.9 Å². The molecule has 0 aliphatic carbocycles. The van der Waals surface area contributed by atoms with Crippen molar-refractivity contribution in [1.29, 1.82) is 0 Å². The minimum atomic E-state index is -3.80. The van der Waals surface area contributed by atoms with Crippen molar-refractivity contribution in [1.82, 2.24) is 4.31 Å². The van der Waals surface area contributed by atoms with E-state index in [0.29, 0.717) is 10.6 Å². The van der Waals surface area contributed by atoms with Crippen LogP contribution in [-0.4, -0.2) is 34.6 Å². The number of rotatable bonds is 3. The fourth-order valence-corrected chi connectivity index (χ4v) is 4.98. The number of carbonyl (C=O) groups is 1. The molecule has 1 aliphatic rings. The maximum atomic E-state index is 13.4. The van der Waals surface area contributed by atoms with Gasteiger partial charge in [0.15, 0.2) is 0 Å². The van der Waals surface area contributed by atoms with Gasteiger partial charge in [-0.3, -0.25) is 0 Å². The number of carboxylic acids is 1. The smallest absolute Gasteiger partial charge is 0.333 e. The summed E-state index contributed by atoms with van der Waals surface area (Å²) in [7, 11) is -3.80. The maximum absolute atomic E-state index is 13.4. The zero-order valence-corrected chi connectivity index (χ0v) is 17.5. The van der Waals surface area contributed by atoms with E-state index in [0.717, 1.165) is 0 Å². The van der Waals surface area contributed by atoms with E-state index in [-0.39, 0.29) is 5.57 Å². The van der Waals surface area contributed by atoms with Gasteiger partial charge >= 0.3 is 5.97 Å². The molecular weight excluding hydrogens is 374 g/mol. The largest absolute Gasteiger partial charge is 0.478 e. The molecule has 0 fully saturated rings. The Balaban J connectivity index is 2.75. The summed E-state index contributed by atoms with van der Waals surface area (Å²) in [6.45, 7) is 10.6. The van der Waals surface area contributed by atoms with Gasteiger partial charge in [-0.2, -0.15) is 4.31 Å². The van der Waals surface area contributed by atoms with E-state index < -0.39 is 38.2 Å². The van der Waals surface area contributed by atoms with E-state index in [9.17, 15) is 18.3 Å². The lowest BCUT2D eigenvalue weighted by Gasteiger charge is -2.40. The fraction of sp³-hybridized carbons (Fsp3) is 0.526. The molecule has 1 aliphatic heterocycles. The molecule has 1 aromatic carbocycles. The van der Waals surface area contributed by atoms with Crippen LogP contribution >= 0.6 is 11.6 Å². The Labute approximate surface area is 160 Å². The maximum Gasteiger partial charge on any atom is 0.333 e. The lowest BCUT2D eigenvalue weighted by molar-refractivity contribution is -0.133. The summed E-state index contributed by atoms with van der Waals surface area (Å²) in [5.74, 6) is -1.12. The molecule has 2 atom stereocenters. The summed E-state index contributed by atoms with van der Waals surface area (Å²) in [5, 5.41) is 10.3. The molecule has 0 bridgehead atoms. The molecule has 26 heavy (non-hydrogen) atoms. The van der Waals surface area contributed by atoms with Gasteiger partial charge in [-0.05, 0) is 43.9 Å². The Bertz CT molecular complexity index is 830. The van der Waals surface area contributed by atoms with Crippen molar-refractivity contribution < 1.29 is 18.3 Å². The first-order valence-electron chi connectivity index (χ1n) is 8.41. The molecular formula is C19H26ClNO4S. The first-order valence-corrected chi connectivity index (χ1v) is 10.2. The molecule has 1 aromatic rings. The number of benzene rings is 1. The third kappa shape index (κ3) is 3.68. The van der Waals surface area contributed by atoms with E-state index in [1.165, 1.54) is 4.31 Å². The van der Waals surface area contributed by atoms with E-state index in [2.05, 4.69) is 0 Å². The van der Waals surface area contributed by atoms with Gasteiger partial charge in [0.2, 0.25) is 10.0 Å². The quantitative estimate of drug-likeness (QED) is 0.824. The van der Waals surface area contributed by atoms with E-state index in [4.69, 9.17) is 11.6 Å². The lowest BCUT2D eigenvalue weighted by atomic mass is 9.87. The van der Waals surface area contributed by atoms with Gasteiger partial charge in [-0.15, -0.1) is 0 Å². The third-order valence-electron chi connectivity index (χ3n) is 4.53. The second-order valence-corrected chi connectivity index (χ2v) is 11.7. The highest BCUT2D eigenvalue weighted by Crippen LogP contribution is 2.46. The predicted octanol–water partition coefficient (Wildman–Crippen LogP) is 4.25. The normalized spacial score (nSPS) is 22.3. The second-order valence-electron chi connectivity index (χ2n) is 8.64. The van der Waals surface area contributed by atoms with Crippen LogP contribution in [0.2, 0.25) is 5.02 Å². The highest BCUT2D eigenvalue weighted by atomic mass is 35.5. The van der Waals surface area contributed by atoms with Gasteiger partial charge in [0.1, 0.15) is 0 Å². The Morgan fingerprint density at radius 1 is 1.08 bits per heavy atom. The SMILES string of the molecule is CC(C)(C)C1C=C(C(=O)O)[C@H](c2ccc(Cl)cc2)N1S(=O)(=O)C(C)(C)C. The number of halogens is 1. The van der Waals surface area contributed by atoms with Crippen LogP contribution < -0.4 is 0 Å². The highest BCUT2D eigenvalue weighted by Gasteiger charge is 2.52. The fourth-order valence-electron chi connectivity index (χ4n) is 3.03. The molecule has 0 spiro atoms. The summed E-state index contributed by atoms with van der Waals surface area (Å²) < 4.78 is 27.1. The standard InChI is InChI=1S/C19H26ClNO4S/c1-18(2,3)15-11-14(17(22)23)16(12-7-9-13(20)10-8-12)21(15)26(24,25)19(4,5)6/h7-11,15-16H,1-6H3,(H,22,23)/t15?,16-/m0/s1. The third-order valence-corrected chi connectivity index (χ3v) is 7.32. The zero-order valence-electron chi connectivity index (χ0n) is 15.9. The minimum absolute atomic E-state index is 0.0695. The van der Waals surface area contributed by atoms with Gasteiger partial charge in [-0.25, -0.2) is 13.2 Å². The number of hydrogen-bond donors (Lipinski definition) is 1. The molecule has 0 radical (unpaired) electrons. The summed E-state index contributed by atoms with van der Waals surface area (Å²) in [6, 6.07) is 5.18. The number of hydrogen-bond acceptors (Lipinski definition) is 3. The van der Waals surface area contributed by atoms with Crippen molar-refractivity contribution in [2.75, 3.05) is 0 Å². The average Bonchev–Trinajstić information content (AvgIpc) is 2.88. The Morgan fingerprint density at radius 3 is 1.96 bits per heavy atom. The topological polar surface area (TPSA) is 74.7 Å². The van der Waals surface area contributed by atoms with E-state index in [1.54, 1.807) is 51.1 Å².